The summed E-state index contributed by atoms with van der Waals surface area (Å²) in [5.41, 5.74) is -1.59. The summed E-state index contributed by atoms with van der Waals surface area (Å²) in [6, 6.07) is 0. The standard InChI is InChI=1S/C29H50O5/c1-18(2)8-7-9-19(3)21-10-11-23-27(21,4)15-13-24-28(5)14-12-20(34-17-33-6)16-22(28)25(30)26(31)29(23,24)32/h18-24,26,31-32H,7-17H2,1-6H3/t19-,20+,21-,22-,23-,24-,26-,27-,28+,29+/m1/s1. The van der Waals surface area contributed by atoms with Gasteiger partial charge in [0.05, 0.1) is 6.10 Å². The summed E-state index contributed by atoms with van der Waals surface area (Å²) < 4.78 is 10.9. The lowest BCUT2D eigenvalue weighted by Crippen LogP contribution is -2.73. The van der Waals surface area contributed by atoms with Gasteiger partial charge in [0.2, 0.25) is 0 Å². The summed E-state index contributed by atoms with van der Waals surface area (Å²) in [5.74, 6) is 1.47. The molecule has 196 valence electrons. The second-order valence-corrected chi connectivity index (χ2v) is 13.4. The Morgan fingerprint density at radius 2 is 1.68 bits per heavy atom. The molecule has 0 heterocycles. The van der Waals surface area contributed by atoms with Gasteiger partial charge in [0, 0.05) is 13.0 Å². The molecule has 0 saturated heterocycles. The first kappa shape index (κ1) is 26.6. The van der Waals surface area contributed by atoms with Crippen molar-refractivity contribution in [1.82, 2.24) is 0 Å². The molecule has 0 unspecified atom stereocenters. The van der Waals surface area contributed by atoms with E-state index >= 15 is 0 Å². The zero-order chi connectivity index (χ0) is 24.9. The van der Waals surface area contributed by atoms with E-state index in [9.17, 15) is 15.0 Å². The van der Waals surface area contributed by atoms with Crippen LogP contribution in [-0.2, 0) is 14.3 Å². The lowest BCUT2D eigenvalue weighted by Gasteiger charge is -2.65. The van der Waals surface area contributed by atoms with Gasteiger partial charge < -0.3 is 19.7 Å². The lowest BCUT2D eigenvalue weighted by atomic mass is 9.41. The quantitative estimate of drug-likeness (QED) is 0.459. The summed E-state index contributed by atoms with van der Waals surface area (Å²) in [6.07, 6.45) is 8.85. The highest BCUT2D eigenvalue weighted by molar-refractivity contribution is 5.89. The molecule has 10 atom stereocenters. The Hall–Kier alpha value is -0.490. The number of fused-ring (bicyclic) bond motifs is 5. The van der Waals surface area contributed by atoms with Gasteiger partial charge in [-0.2, -0.15) is 0 Å². The molecule has 0 aromatic heterocycles. The Bertz CT molecular complexity index is 738. The first-order valence-electron chi connectivity index (χ1n) is 14.0. The molecule has 5 heteroatoms. The number of hydrogen-bond acceptors (Lipinski definition) is 5. The Kier molecular flexibility index (Phi) is 7.63. The van der Waals surface area contributed by atoms with Crippen molar-refractivity contribution in [3.8, 4) is 0 Å². The Morgan fingerprint density at radius 1 is 1.00 bits per heavy atom. The van der Waals surface area contributed by atoms with Crippen LogP contribution < -0.4 is 0 Å². The zero-order valence-corrected chi connectivity index (χ0v) is 22.5. The Morgan fingerprint density at radius 3 is 2.35 bits per heavy atom. The number of carbonyl (C=O) groups is 1. The van der Waals surface area contributed by atoms with Crippen LogP contribution in [0.3, 0.4) is 0 Å². The molecule has 2 N–H and O–H groups in total. The third-order valence-electron chi connectivity index (χ3n) is 11.2. The molecule has 0 radical (unpaired) electrons. The molecule has 0 amide bonds. The van der Waals surface area contributed by atoms with Crippen molar-refractivity contribution in [3.63, 3.8) is 0 Å². The number of carbonyl (C=O) groups excluding carboxylic acids is 1. The van der Waals surface area contributed by atoms with Crippen molar-refractivity contribution in [1.29, 1.82) is 0 Å². The first-order valence-corrected chi connectivity index (χ1v) is 14.0. The fourth-order valence-electron chi connectivity index (χ4n) is 9.42. The summed E-state index contributed by atoms with van der Waals surface area (Å²) in [6.45, 7) is 11.8. The summed E-state index contributed by atoms with van der Waals surface area (Å²) in [5, 5.41) is 23.9. The van der Waals surface area contributed by atoms with Crippen LogP contribution in [-0.4, -0.2) is 47.7 Å². The van der Waals surface area contributed by atoms with Crippen molar-refractivity contribution >= 4 is 5.78 Å². The van der Waals surface area contributed by atoms with Crippen LogP contribution in [0.1, 0.15) is 98.8 Å². The largest absolute Gasteiger partial charge is 0.386 e. The molecule has 0 aliphatic heterocycles. The average Bonchev–Trinajstić information content (AvgIpc) is 3.15. The summed E-state index contributed by atoms with van der Waals surface area (Å²) in [7, 11) is 1.61. The highest BCUT2D eigenvalue weighted by atomic mass is 16.7. The number of ketones is 1. The minimum atomic E-state index is -1.30. The number of methoxy groups -OCH3 is 1. The molecule has 34 heavy (non-hydrogen) atoms. The van der Waals surface area contributed by atoms with Crippen molar-refractivity contribution in [3.05, 3.63) is 0 Å². The maximum atomic E-state index is 13.7. The monoisotopic (exact) mass is 478 g/mol. The zero-order valence-electron chi connectivity index (χ0n) is 22.5. The molecular formula is C29H50O5. The number of aliphatic hydroxyl groups excluding tert-OH is 1. The summed E-state index contributed by atoms with van der Waals surface area (Å²) in [4.78, 5) is 13.7. The van der Waals surface area contributed by atoms with Gasteiger partial charge in [-0.15, -0.1) is 0 Å². The average molecular weight is 479 g/mol. The smallest absolute Gasteiger partial charge is 0.167 e. The van der Waals surface area contributed by atoms with E-state index in [2.05, 4.69) is 34.6 Å². The van der Waals surface area contributed by atoms with Gasteiger partial charge in [0.15, 0.2) is 5.78 Å². The van der Waals surface area contributed by atoms with Crippen LogP contribution >= 0.6 is 0 Å². The third-order valence-corrected chi connectivity index (χ3v) is 11.2. The third kappa shape index (κ3) is 4.11. The van der Waals surface area contributed by atoms with Crippen molar-refractivity contribution in [2.24, 2.45) is 46.3 Å². The highest BCUT2D eigenvalue weighted by Crippen LogP contribution is 2.69. The molecule has 4 fully saturated rings. The predicted molar refractivity (Wildman–Crippen MR) is 133 cm³/mol. The number of hydrogen-bond donors (Lipinski definition) is 2. The van der Waals surface area contributed by atoms with Crippen molar-refractivity contribution in [2.45, 2.75) is 117 Å². The fraction of sp³-hybridized carbons (Fsp3) is 0.966. The van der Waals surface area contributed by atoms with E-state index in [1.54, 1.807) is 7.11 Å². The first-order chi connectivity index (χ1) is 16.0. The van der Waals surface area contributed by atoms with Crippen LogP contribution in [0, 0.1) is 46.3 Å². The van der Waals surface area contributed by atoms with Gasteiger partial charge in [0.25, 0.3) is 0 Å². The molecule has 5 nitrogen and oxygen atoms in total. The van der Waals surface area contributed by atoms with Gasteiger partial charge >= 0.3 is 0 Å². The summed E-state index contributed by atoms with van der Waals surface area (Å²) >= 11 is 0. The van der Waals surface area contributed by atoms with Crippen molar-refractivity contribution < 1.29 is 24.5 Å². The van der Waals surface area contributed by atoms with E-state index in [-0.39, 0.29) is 47.3 Å². The highest BCUT2D eigenvalue weighted by Gasteiger charge is 2.72. The number of Topliss-reactive ketones (excluding diaryl/α,β-unsaturated/α-hetero) is 1. The Labute approximate surface area is 207 Å². The van der Waals surface area contributed by atoms with Crippen LogP contribution in [0.25, 0.3) is 0 Å². The normalized spacial score (nSPS) is 47.3. The minimum absolute atomic E-state index is 0.00418. The van der Waals surface area contributed by atoms with Gasteiger partial charge in [-0.25, -0.2) is 0 Å². The molecule has 4 rings (SSSR count). The van der Waals surface area contributed by atoms with Gasteiger partial charge in [0.1, 0.15) is 18.5 Å². The molecule has 0 bridgehead atoms. The predicted octanol–water partition coefficient (Wildman–Crippen LogP) is 5.36. The van der Waals surface area contributed by atoms with Crippen molar-refractivity contribution in [2.75, 3.05) is 13.9 Å². The number of rotatable bonds is 8. The molecule has 0 spiro atoms. The maximum Gasteiger partial charge on any atom is 0.167 e. The second-order valence-electron chi connectivity index (χ2n) is 13.4. The van der Waals surface area contributed by atoms with E-state index in [0.29, 0.717) is 18.3 Å². The van der Waals surface area contributed by atoms with E-state index in [1.807, 2.05) is 0 Å². The van der Waals surface area contributed by atoms with E-state index < -0.39 is 11.7 Å². The fourth-order valence-corrected chi connectivity index (χ4v) is 9.42. The van der Waals surface area contributed by atoms with E-state index in [0.717, 1.165) is 44.4 Å². The van der Waals surface area contributed by atoms with Gasteiger partial charge in [-0.05, 0) is 85.4 Å². The Balaban J connectivity index is 1.56. The molecular weight excluding hydrogens is 428 g/mol. The molecule has 4 aliphatic rings. The maximum absolute atomic E-state index is 13.7. The topological polar surface area (TPSA) is 76.0 Å². The molecule has 0 aromatic carbocycles. The van der Waals surface area contributed by atoms with Gasteiger partial charge in [-0.1, -0.05) is 53.9 Å². The second kappa shape index (κ2) is 9.76. The lowest BCUT2D eigenvalue weighted by molar-refractivity contribution is -0.259. The van der Waals surface area contributed by atoms with Crippen LogP contribution in [0.4, 0.5) is 0 Å². The SMILES string of the molecule is COCO[C@H]1CC[C@@]2(C)[C@H](C1)C(=O)[C@@H](O)[C@@]1(O)[C@@H]2CC[C@]2(C)[C@@H]([C@H](C)CCCC(C)C)CC[C@H]21. The van der Waals surface area contributed by atoms with E-state index in [1.165, 1.54) is 19.3 Å². The van der Waals surface area contributed by atoms with Gasteiger partial charge in [-0.3, -0.25) is 4.79 Å². The van der Waals surface area contributed by atoms with Crippen LogP contribution in [0.15, 0.2) is 0 Å². The minimum Gasteiger partial charge on any atom is -0.386 e. The number of aliphatic hydroxyl groups is 2. The molecule has 0 aromatic rings. The number of ether oxygens (including phenoxy) is 2. The van der Waals surface area contributed by atoms with Crippen LogP contribution in [0.5, 0.6) is 0 Å². The van der Waals surface area contributed by atoms with Crippen LogP contribution in [0.2, 0.25) is 0 Å². The molecule has 4 aliphatic carbocycles. The van der Waals surface area contributed by atoms with E-state index in [4.69, 9.17) is 9.47 Å². The molecule has 4 saturated carbocycles.